The standard InChI is InChI=1S/C6H11N3O2/c1-3-4(2)5(6(10)11)8-9-7/h4-5H,3H2,1-2H3,(H,10,11)/t4?,5-/m0/s1. The first-order chi connectivity index (χ1) is 5.13. The summed E-state index contributed by atoms with van der Waals surface area (Å²) in [5, 5.41) is 11.7. The van der Waals surface area contributed by atoms with Gasteiger partial charge in [0, 0.05) is 4.91 Å². The van der Waals surface area contributed by atoms with E-state index < -0.39 is 12.0 Å². The van der Waals surface area contributed by atoms with Crippen molar-refractivity contribution in [1.82, 2.24) is 0 Å². The summed E-state index contributed by atoms with van der Waals surface area (Å²) in [4.78, 5) is 12.9. The number of carbonyl (C=O) groups is 1. The minimum Gasteiger partial charge on any atom is -0.481 e. The van der Waals surface area contributed by atoms with Crippen molar-refractivity contribution < 1.29 is 9.90 Å². The maximum atomic E-state index is 10.4. The molecule has 0 heterocycles. The van der Waals surface area contributed by atoms with E-state index in [1.807, 2.05) is 6.92 Å². The molecular weight excluding hydrogens is 146 g/mol. The van der Waals surface area contributed by atoms with Gasteiger partial charge >= 0.3 is 5.97 Å². The molecule has 0 rings (SSSR count). The smallest absolute Gasteiger partial charge is 0.312 e. The maximum Gasteiger partial charge on any atom is 0.312 e. The van der Waals surface area contributed by atoms with Gasteiger partial charge in [-0.1, -0.05) is 25.4 Å². The summed E-state index contributed by atoms with van der Waals surface area (Å²) in [5.41, 5.74) is 8.02. The summed E-state index contributed by atoms with van der Waals surface area (Å²) in [5.74, 6) is -1.17. The SMILES string of the molecule is CCC(C)[C@H](N=[N+]=[N-])C(=O)O. The molecule has 0 aromatic rings. The number of azide groups is 1. The van der Waals surface area contributed by atoms with Gasteiger partial charge in [0.05, 0.1) is 0 Å². The van der Waals surface area contributed by atoms with Crippen LogP contribution >= 0.6 is 0 Å². The van der Waals surface area contributed by atoms with Crippen LogP contribution in [0, 0.1) is 5.92 Å². The number of nitrogens with zero attached hydrogens (tertiary/aromatic N) is 3. The average molecular weight is 157 g/mol. The molecule has 1 unspecified atom stereocenters. The molecular formula is C6H11N3O2. The lowest BCUT2D eigenvalue weighted by molar-refractivity contribution is -0.139. The molecule has 5 nitrogen and oxygen atoms in total. The van der Waals surface area contributed by atoms with E-state index in [9.17, 15) is 4.79 Å². The first-order valence-electron chi connectivity index (χ1n) is 3.40. The quantitative estimate of drug-likeness (QED) is 0.383. The van der Waals surface area contributed by atoms with E-state index in [1.165, 1.54) is 0 Å². The highest BCUT2D eigenvalue weighted by molar-refractivity contribution is 5.73. The van der Waals surface area contributed by atoms with Crippen LogP contribution in [0.15, 0.2) is 5.11 Å². The maximum absolute atomic E-state index is 10.4. The van der Waals surface area contributed by atoms with E-state index in [-0.39, 0.29) is 5.92 Å². The normalized spacial score (nSPS) is 14.7. The third kappa shape index (κ3) is 2.91. The van der Waals surface area contributed by atoms with Crippen LogP contribution in [0.3, 0.4) is 0 Å². The van der Waals surface area contributed by atoms with Gasteiger partial charge in [-0.15, -0.1) is 0 Å². The van der Waals surface area contributed by atoms with Crippen LogP contribution in [0.4, 0.5) is 0 Å². The van der Waals surface area contributed by atoms with Crippen LogP contribution in [0.5, 0.6) is 0 Å². The van der Waals surface area contributed by atoms with Crippen molar-refractivity contribution in [1.29, 1.82) is 0 Å². The molecule has 5 heteroatoms. The second kappa shape index (κ2) is 4.57. The van der Waals surface area contributed by atoms with Crippen LogP contribution in [-0.2, 0) is 4.79 Å². The molecule has 0 saturated carbocycles. The van der Waals surface area contributed by atoms with Crippen LogP contribution in [0.1, 0.15) is 20.3 Å². The molecule has 0 aromatic carbocycles. The average Bonchev–Trinajstić information content (AvgIpc) is 1.98. The Morgan fingerprint density at radius 2 is 2.36 bits per heavy atom. The van der Waals surface area contributed by atoms with Gasteiger partial charge < -0.3 is 5.11 Å². The third-order valence-corrected chi connectivity index (χ3v) is 1.61. The zero-order valence-corrected chi connectivity index (χ0v) is 6.56. The van der Waals surface area contributed by atoms with Crippen LogP contribution in [0.2, 0.25) is 0 Å². The Bertz CT molecular complexity index is 184. The van der Waals surface area contributed by atoms with Gasteiger partial charge in [-0.25, -0.2) is 0 Å². The van der Waals surface area contributed by atoms with Gasteiger partial charge in [-0.2, -0.15) is 0 Å². The Labute approximate surface area is 64.7 Å². The Hall–Kier alpha value is -1.22. The molecule has 0 aliphatic carbocycles. The molecule has 0 spiro atoms. The summed E-state index contributed by atoms with van der Waals surface area (Å²) in [6.07, 6.45) is 0.690. The Morgan fingerprint density at radius 1 is 1.82 bits per heavy atom. The molecule has 62 valence electrons. The summed E-state index contributed by atoms with van der Waals surface area (Å²) in [7, 11) is 0. The van der Waals surface area contributed by atoms with Crippen molar-refractivity contribution in [2.75, 3.05) is 0 Å². The first kappa shape index (κ1) is 9.78. The van der Waals surface area contributed by atoms with E-state index in [4.69, 9.17) is 10.6 Å². The van der Waals surface area contributed by atoms with E-state index in [0.29, 0.717) is 6.42 Å². The molecule has 11 heavy (non-hydrogen) atoms. The predicted octanol–water partition coefficient (Wildman–Crippen LogP) is 1.80. The zero-order valence-electron chi connectivity index (χ0n) is 6.56. The number of rotatable bonds is 4. The fraction of sp³-hybridized carbons (Fsp3) is 0.833. The summed E-state index contributed by atoms with van der Waals surface area (Å²) in [6.45, 7) is 3.60. The molecule has 0 aliphatic rings. The van der Waals surface area contributed by atoms with Crippen molar-refractivity contribution in [3.8, 4) is 0 Å². The van der Waals surface area contributed by atoms with Gasteiger partial charge in [0.25, 0.3) is 0 Å². The minimum absolute atomic E-state index is 0.108. The zero-order chi connectivity index (χ0) is 8.85. The van der Waals surface area contributed by atoms with Crippen LogP contribution in [-0.4, -0.2) is 17.1 Å². The van der Waals surface area contributed by atoms with Crippen LogP contribution in [0.25, 0.3) is 10.4 Å². The van der Waals surface area contributed by atoms with Crippen molar-refractivity contribution in [3.63, 3.8) is 0 Å². The van der Waals surface area contributed by atoms with Gasteiger partial charge in [0.15, 0.2) is 0 Å². The number of carboxylic acids is 1. The second-order valence-corrected chi connectivity index (χ2v) is 2.37. The van der Waals surface area contributed by atoms with Gasteiger partial charge in [-0.05, 0) is 11.4 Å². The molecule has 0 amide bonds. The van der Waals surface area contributed by atoms with E-state index in [1.54, 1.807) is 6.92 Å². The molecule has 1 N–H and O–H groups in total. The fourth-order valence-corrected chi connectivity index (χ4v) is 0.685. The summed E-state index contributed by atoms with van der Waals surface area (Å²) < 4.78 is 0. The minimum atomic E-state index is -1.06. The van der Waals surface area contributed by atoms with E-state index in [0.717, 1.165) is 0 Å². The first-order valence-corrected chi connectivity index (χ1v) is 3.40. The number of aliphatic carboxylic acids is 1. The van der Waals surface area contributed by atoms with Crippen molar-refractivity contribution in [3.05, 3.63) is 10.4 Å². The lowest BCUT2D eigenvalue weighted by Gasteiger charge is -2.11. The molecule has 0 aliphatic heterocycles. The summed E-state index contributed by atoms with van der Waals surface area (Å²) >= 11 is 0. The number of hydrogen-bond donors (Lipinski definition) is 1. The number of hydrogen-bond acceptors (Lipinski definition) is 2. The van der Waals surface area contributed by atoms with Crippen molar-refractivity contribution in [2.45, 2.75) is 26.3 Å². The number of carboxylic acid groups (broad SMARTS) is 1. The highest BCUT2D eigenvalue weighted by atomic mass is 16.4. The molecule has 0 aromatic heterocycles. The third-order valence-electron chi connectivity index (χ3n) is 1.61. The van der Waals surface area contributed by atoms with E-state index >= 15 is 0 Å². The molecule has 2 atom stereocenters. The highest BCUT2D eigenvalue weighted by Crippen LogP contribution is 2.11. The van der Waals surface area contributed by atoms with E-state index in [2.05, 4.69) is 10.0 Å². The molecule has 0 radical (unpaired) electrons. The summed E-state index contributed by atoms with van der Waals surface area (Å²) in [6, 6.07) is -0.926. The second-order valence-electron chi connectivity index (χ2n) is 2.37. The monoisotopic (exact) mass is 157 g/mol. The van der Waals surface area contributed by atoms with Gasteiger partial charge in [0.2, 0.25) is 0 Å². The van der Waals surface area contributed by atoms with Gasteiger partial charge in [0.1, 0.15) is 6.04 Å². The molecule has 0 bridgehead atoms. The Kier molecular flexibility index (Phi) is 4.07. The Morgan fingerprint density at radius 3 is 2.64 bits per heavy atom. The van der Waals surface area contributed by atoms with Crippen molar-refractivity contribution in [2.24, 2.45) is 11.0 Å². The van der Waals surface area contributed by atoms with Crippen molar-refractivity contribution >= 4 is 5.97 Å². The molecule has 0 saturated heterocycles. The molecule has 0 fully saturated rings. The largest absolute Gasteiger partial charge is 0.481 e. The van der Waals surface area contributed by atoms with Crippen LogP contribution < -0.4 is 0 Å². The fourth-order valence-electron chi connectivity index (χ4n) is 0.685. The lowest BCUT2D eigenvalue weighted by Crippen LogP contribution is -2.24. The predicted molar refractivity (Wildman–Crippen MR) is 40.0 cm³/mol. The highest BCUT2D eigenvalue weighted by Gasteiger charge is 2.21. The topological polar surface area (TPSA) is 86.1 Å². The Balaban J connectivity index is 4.32. The lowest BCUT2D eigenvalue weighted by atomic mass is 10.0. The van der Waals surface area contributed by atoms with Gasteiger partial charge in [-0.3, -0.25) is 4.79 Å².